The molecule has 0 amide bonds. The maximum absolute atomic E-state index is 14.1. The highest BCUT2D eigenvalue weighted by Gasteiger charge is 2.29. The number of aromatic nitrogens is 1. The van der Waals surface area contributed by atoms with Crippen LogP contribution in [0.25, 0.3) is 16.5 Å². The molecule has 0 spiro atoms. The van der Waals surface area contributed by atoms with Gasteiger partial charge >= 0.3 is 11.9 Å². The van der Waals surface area contributed by atoms with E-state index in [0.717, 1.165) is 62.3 Å². The first-order valence-corrected chi connectivity index (χ1v) is 13.6. The zero-order valence-corrected chi connectivity index (χ0v) is 22.2. The van der Waals surface area contributed by atoms with Crippen molar-refractivity contribution in [1.82, 2.24) is 9.88 Å². The monoisotopic (exact) mass is 551 g/mol. The Morgan fingerprint density at radius 3 is 2.50 bits per heavy atom. The molecule has 40 heavy (non-hydrogen) atoms. The zero-order chi connectivity index (χ0) is 28.5. The van der Waals surface area contributed by atoms with E-state index in [1.807, 2.05) is 24.4 Å². The Bertz CT molecular complexity index is 1350. The summed E-state index contributed by atoms with van der Waals surface area (Å²) in [4.78, 5) is 25.3. The number of pyridine rings is 1. The van der Waals surface area contributed by atoms with E-state index in [2.05, 4.69) is 27.2 Å². The van der Waals surface area contributed by atoms with Gasteiger partial charge in [0.2, 0.25) is 0 Å². The molecule has 3 heterocycles. The van der Waals surface area contributed by atoms with Crippen LogP contribution in [0.5, 0.6) is 0 Å². The van der Waals surface area contributed by atoms with E-state index in [1.165, 1.54) is 30.9 Å². The van der Waals surface area contributed by atoms with Gasteiger partial charge in [0.1, 0.15) is 11.4 Å². The molecule has 9 nitrogen and oxygen atoms in total. The fourth-order valence-electron chi connectivity index (χ4n) is 5.61. The predicted octanol–water partition coefficient (Wildman–Crippen LogP) is 5.80. The number of halogens is 1. The highest BCUT2D eigenvalue weighted by Crippen LogP contribution is 2.34. The van der Waals surface area contributed by atoms with Gasteiger partial charge in [0, 0.05) is 42.4 Å². The van der Waals surface area contributed by atoms with Crippen molar-refractivity contribution in [2.75, 3.05) is 19.6 Å². The van der Waals surface area contributed by atoms with Gasteiger partial charge in [-0.05, 0) is 68.1 Å². The molecule has 0 saturated heterocycles. The molecule has 3 aromatic rings. The number of aliphatic carboxylic acids is 2. The van der Waals surface area contributed by atoms with Gasteiger partial charge in [0.05, 0.1) is 17.4 Å². The van der Waals surface area contributed by atoms with Crippen molar-refractivity contribution >= 4 is 34.2 Å². The molecule has 1 aliphatic heterocycles. The van der Waals surface area contributed by atoms with E-state index in [9.17, 15) is 9.60 Å². The summed E-state index contributed by atoms with van der Waals surface area (Å²) < 4.78 is 19.6. The second kappa shape index (κ2) is 13.8. The quantitative estimate of drug-likeness (QED) is 0.145. The number of carboxylic acids is 2. The highest BCUT2D eigenvalue weighted by atomic mass is 19.1. The molecule has 212 valence electrons. The second-order valence-corrected chi connectivity index (χ2v) is 10.1. The topological polar surface area (TPSA) is 136 Å². The van der Waals surface area contributed by atoms with Gasteiger partial charge in [0.15, 0.2) is 0 Å². The fourth-order valence-corrected chi connectivity index (χ4v) is 5.61. The van der Waals surface area contributed by atoms with E-state index < -0.39 is 11.9 Å². The first-order chi connectivity index (χ1) is 19.4. The van der Waals surface area contributed by atoms with Crippen LogP contribution in [0.3, 0.4) is 0 Å². The van der Waals surface area contributed by atoms with E-state index in [0.29, 0.717) is 16.9 Å². The van der Waals surface area contributed by atoms with Gasteiger partial charge in [0.25, 0.3) is 0 Å². The number of nitrogens with zero attached hydrogens (tertiary/aromatic N) is 3. The third-order valence-corrected chi connectivity index (χ3v) is 7.66. The molecule has 1 atom stereocenters. The lowest BCUT2D eigenvalue weighted by Gasteiger charge is -2.31. The van der Waals surface area contributed by atoms with Crippen molar-refractivity contribution in [3.05, 3.63) is 72.0 Å². The number of fused-ring (bicyclic) bond motifs is 1. The normalized spacial score (nSPS) is 17.5. The van der Waals surface area contributed by atoms with Crippen molar-refractivity contribution in [3.63, 3.8) is 0 Å². The first kappa shape index (κ1) is 28.9. The summed E-state index contributed by atoms with van der Waals surface area (Å²) in [7, 11) is 0. The average Bonchev–Trinajstić information content (AvgIpc) is 3.48. The van der Waals surface area contributed by atoms with Crippen molar-refractivity contribution in [2.24, 2.45) is 11.1 Å². The van der Waals surface area contributed by atoms with Crippen molar-refractivity contribution in [1.29, 1.82) is 0 Å². The summed E-state index contributed by atoms with van der Waals surface area (Å²) in [5, 5.41) is 29.2. The average molecular weight is 552 g/mol. The number of hydrogen-bond donors (Lipinski definition) is 3. The molecule has 1 unspecified atom stereocenters. The third-order valence-electron chi connectivity index (χ3n) is 7.66. The Morgan fingerprint density at radius 2 is 1.88 bits per heavy atom. The standard InChI is InChI=1S/C28H32FN3O2.C2H2O4/c29-25-10-9-22(28-23(25)14-19-34-28)20-11-16-32(17-12-20)18-13-24(26-8-4-5-15-30-26)27(31-33)21-6-2-1-3-7-21;3-1(4)2(5)6/h4-5,8-11,14-15,19,21,24,33H,1-3,6-7,12-13,16-18H2;(H,3,4)(H,5,6)/b31-27+;. The van der Waals surface area contributed by atoms with Gasteiger partial charge in [-0.25, -0.2) is 14.0 Å². The number of oxime groups is 1. The Kier molecular flexibility index (Phi) is 10.0. The number of furan rings is 1. The summed E-state index contributed by atoms with van der Waals surface area (Å²) >= 11 is 0. The van der Waals surface area contributed by atoms with Gasteiger partial charge in [-0.1, -0.05) is 36.6 Å². The zero-order valence-electron chi connectivity index (χ0n) is 22.2. The maximum Gasteiger partial charge on any atom is 0.414 e. The smallest absolute Gasteiger partial charge is 0.414 e. The molecule has 5 rings (SSSR count). The summed E-state index contributed by atoms with van der Waals surface area (Å²) in [6.45, 7) is 2.66. The molecule has 1 aliphatic carbocycles. The number of carbonyl (C=O) groups is 2. The lowest BCUT2D eigenvalue weighted by Crippen LogP contribution is -2.33. The van der Waals surface area contributed by atoms with Crippen LogP contribution in [0.1, 0.15) is 62.1 Å². The minimum atomic E-state index is -1.82. The molecular weight excluding hydrogens is 517 g/mol. The Balaban J connectivity index is 0.000000557. The molecule has 0 radical (unpaired) electrons. The lowest BCUT2D eigenvalue weighted by molar-refractivity contribution is -0.159. The van der Waals surface area contributed by atoms with E-state index >= 15 is 0 Å². The highest BCUT2D eigenvalue weighted by molar-refractivity contribution is 6.27. The SMILES string of the molecule is O/N=C(\C1CCCCC1)C(CCN1CC=C(c2ccc(F)c3ccoc23)CC1)c1ccccn1.O=C(O)C(=O)O. The second-order valence-electron chi connectivity index (χ2n) is 10.1. The summed E-state index contributed by atoms with van der Waals surface area (Å²) in [6, 6.07) is 11.0. The van der Waals surface area contributed by atoms with Crippen molar-refractivity contribution in [3.8, 4) is 0 Å². The van der Waals surface area contributed by atoms with E-state index in [1.54, 1.807) is 12.3 Å². The lowest BCUT2D eigenvalue weighted by atomic mass is 9.78. The number of carboxylic acid groups (broad SMARTS) is 2. The molecule has 1 fully saturated rings. The van der Waals surface area contributed by atoms with Crippen LogP contribution in [-0.4, -0.2) is 62.6 Å². The summed E-state index contributed by atoms with van der Waals surface area (Å²) in [5.41, 5.74) is 4.71. The van der Waals surface area contributed by atoms with Gasteiger partial charge in [-0.15, -0.1) is 0 Å². The minimum absolute atomic E-state index is 0.0273. The third kappa shape index (κ3) is 7.12. The fraction of sp³-hybridized carbons (Fsp3) is 0.400. The van der Waals surface area contributed by atoms with E-state index in [4.69, 9.17) is 24.2 Å². The number of benzene rings is 1. The van der Waals surface area contributed by atoms with Crippen LogP contribution >= 0.6 is 0 Å². The first-order valence-electron chi connectivity index (χ1n) is 13.6. The van der Waals surface area contributed by atoms with Crippen LogP contribution in [-0.2, 0) is 9.59 Å². The van der Waals surface area contributed by atoms with Crippen molar-refractivity contribution in [2.45, 2.75) is 50.9 Å². The van der Waals surface area contributed by atoms with Gasteiger partial charge in [-0.3, -0.25) is 9.88 Å². The maximum atomic E-state index is 14.1. The molecule has 0 bridgehead atoms. The molecule has 2 aliphatic rings. The Labute approximate surface area is 231 Å². The summed E-state index contributed by atoms with van der Waals surface area (Å²) in [6.07, 6.45) is 13.2. The largest absolute Gasteiger partial charge is 0.473 e. The molecule has 1 saturated carbocycles. The van der Waals surface area contributed by atoms with Crippen LogP contribution < -0.4 is 0 Å². The van der Waals surface area contributed by atoms with Crippen LogP contribution in [0.15, 0.2) is 64.5 Å². The Morgan fingerprint density at radius 1 is 1.10 bits per heavy atom. The van der Waals surface area contributed by atoms with Crippen LogP contribution in [0.4, 0.5) is 4.39 Å². The Hall–Kier alpha value is -4.05. The molecule has 3 N–H and O–H groups in total. The number of rotatable bonds is 7. The number of hydrogen-bond acceptors (Lipinski definition) is 7. The van der Waals surface area contributed by atoms with Crippen molar-refractivity contribution < 1.29 is 33.8 Å². The van der Waals surface area contributed by atoms with E-state index in [-0.39, 0.29) is 11.7 Å². The summed E-state index contributed by atoms with van der Waals surface area (Å²) in [5.74, 6) is -3.53. The molecule has 1 aromatic carbocycles. The molecule has 10 heteroatoms. The minimum Gasteiger partial charge on any atom is -0.473 e. The molecule has 2 aromatic heterocycles. The van der Waals surface area contributed by atoms with Gasteiger partial charge < -0.3 is 19.8 Å². The van der Waals surface area contributed by atoms with Crippen LogP contribution in [0, 0.1) is 11.7 Å². The van der Waals surface area contributed by atoms with Crippen LogP contribution in [0.2, 0.25) is 0 Å². The molecular formula is C30H34FN3O6. The predicted molar refractivity (Wildman–Crippen MR) is 148 cm³/mol. The van der Waals surface area contributed by atoms with Gasteiger partial charge in [-0.2, -0.15) is 0 Å².